The van der Waals surface area contributed by atoms with Gasteiger partial charge in [-0.1, -0.05) is 12.1 Å². The van der Waals surface area contributed by atoms with Gasteiger partial charge in [-0.15, -0.1) is 5.10 Å². The fraction of sp³-hybridized carbons (Fsp3) is 0.267. The summed E-state index contributed by atoms with van der Waals surface area (Å²) in [6.45, 7) is 4.18. The monoisotopic (exact) mass is 331 g/mol. The predicted octanol–water partition coefficient (Wildman–Crippen LogP) is 1.27. The molecule has 0 saturated carbocycles. The smallest absolute Gasteiger partial charge is 0.238 e. The fourth-order valence-corrected chi connectivity index (χ4v) is 2.56. The van der Waals surface area contributed by atoms with Crippen LogP contribution >= 0.6 is 0 Å². The highest BCUT2D eigenvalue weighted by Crippen LogP contribution is 2.17. The van der Waals surface area contributed by atoms with Gasteiger partial charge in [-0.25, -0.2) is 13.6 Å². The highest BCUT2D eigenvalue weighted by atomic mass is 32.2. The summed E-state index contributed by atoms with van der Waals surface area (Å²) in [4.78, 5) is 0.0843. The zero-order valence-corrected chi connectivity index (χ0v) is 13.7. The minimum absolute atomic E-state index is 0.0843. The first-order chi connectivity index (χ1) is 10.8. The number of nitrogens with two attached hydrogens (primary N) is 1. The largest absolute Gasteiger partial charge is 0.367 e. The lowest BCUT2D eigenvalue weighted by atomic mass is 10.1. The van der Waals surface area contributed by atoms with Crippen molar-refractivity contribution in [3.05, 3.63) is 46.6 Å². The second kappa shape index (κ2) is 6.73. The number of benzene rings is 1. The van der Waals surface area contributed by atoms with Gasteiger partial charge >= 0.3 is 0 Å². The van der Waals surface area contributed by atoms with Crippen LogP contribution in [0.2, 0.25) is 0 Å². The summed E-state index contributed by atoms with van der Waals surface area (Å²) >= 11 is 0. The highest BCUT2D eigenvalue weighted by Gasteiger charge is 2.10. The molecule has 0 amide bonds. The van der Waals surface area contributed by atoms with Crippen LogP contribution in [0.4, 0.5) is 5.82 Å². The Balaban J connectivity index is 2.04. The van der Waals surface area contributed by atoms with Gasteiger partial charge in [-0.3, -0.25) is 0 Å². The summed E-state index contributed by atoms with van der Waals surface area (Å²) in [5, 5.41) is 25.4. The lowest BCUT2D eigenvalue weighted by molar-refractivity contribution is 0.598. The van der Waals surface area contributed by atoms with Gasteiger partial charge < -0.3 is 5.32 Å². The van der Waals surface area contributed by atoms with Crippen molar-refractivity contribution < 1.29 is 8.42 Å². The Morgan fingerprint density at radius 2 is 1.87 bits per heavy atom. The maximum Gasteiger partial charge on any atom is 0.238 e. The highest BCUT2D eigenvalue weighted by molar-refractivity contribution is 7.89. The number of primary sulfonamides is 1. The SMILES string of the molecule is Cc1nnc(NCCc2ccc(S(N)(=O)=O)cc2)c(C#N)c1C. The molecule has 2 rings (SSSR count). The Kier molecular flexibility index (Phi) is 4.93. The average molecular weight is 331 g/mol. The Morgan fingerprint density at radius 1 is 1.22 bits per heavy atom. The molecule has 0 spiro atoms. The molecule has 0 aliphatic carbocycles. The summed E-state index contributed by atoms with van der Waals surface area (Å²) in [7, 11) is -3.67. The van der Waals surface area contributed by atoms with Crippen LogP contribution in [0.15, 0.2) is 29.2 Å². The van der Waals surface area contributed by atoms with Crippen LogP contribution in [0.1, 0.15) is 22.4 Å². The van der Waals surface area contributed by atoms with E-state index < -0.39 is 10.0 Å². The molecule has 1 aromatic carbocycles. The number of rotatable bonds is 5. The van der Waals surface area contributed by atoms with E-state index in [-0.39, 0.29) is 4.90 Å². The zero-order chi connectivity index (χ0) is 17.0. The van der Waals surface area contributed by atoms with Gasteiger partial charge in [-0.05, 0) is 43.5 Å². The topological polar surface area (TPSA) is 122 Å². The van der Waals surface area contributed by atoms with Gasteiger partial charge in [0, 0.05) is 6.54 Å². The van der Waals surface area contributed by atoms with Crippen molar-refractivity contribution >= 4 is 15.8 Å². The number of nitrogens with zero attached hydrogens (tertiary/aromatic N) is 3. The van der Waals surface area contributed by atoms with E-state index in [4.69, 9.17) is 5.14 Å². The first-order valence-electron chi connectivity index (χ1n) is 6.92. The van der Waals surface area contributed by atoms with Crippen LogP contribution in [-0.2, 0) is 16.4 Å². The molecule has 0 bridgehead atoms. The second-order valence-corrected chi connectivity index (χ2v) is 6.67. The fourth-order valence-electron chi connectivity index (χ4n) is 2.04. The van der Waals surface area contributed by atoms with Crippen molar-refractivity contribution in [1.29, 1.82) is 5.26 Å². The van der Waals surface area contributed by atoms with E-state index in [1.807, 2.05) is 6.92 Å². The van der Waals surface area contributed by atoms with E-state index in [0.717, 1.165) is 16.8 Å². The lowest BCUT2D eigenvalue weighted by Crippen LogP contribution is -2.12. The normalized spacial score (nSPS) is 11.0. The Morgan fingerprint density at radius 3 is 2.43 bits per heavy atom. The Labute approximate surface area is 135 Å². The second-order valence-electron chi connectivity index (χ2n) is 5.11. The van der Waals surface area contributed by atoms with Crippen LogP contribution < -0.4 is 10.5 Å². The number of aryl methyl sites for hydroxylation is 1. The molecule has 0 saturated heterocycles. The van der Waals surface area contributed by atoms with Crippen molar-refractivity contribution in [2.45, 2.75) is 25.2 Å². The summed E-state index contributed by atoms with van der Waals surface area (Å²) in [6, 6.07) is 8.49. The van der Waals surface area contributed by atoms with Crippen molar-refractivity contribution in [3.8, 4) is 6.07 Å². The molecule has 2 aromatic rings. The molecule has 0 aliphatic rings. The minimum Gasteiger partial charge on any atom is -0.367 e. The number of anilines is 1. The predicted molar refractivity (Wildman–Crippen MR) is 86.2 cm³/mol. The molecule has 1 aromatic heterocycles. The molecule has 0 radical (unpaired) electrons. The molecule has 8 heteroatoms. The third-order valence-electron chi connectivity index (χ3n) is 3.52. The Hall–Kier alpha value is -2.50. The van der Waals surface area contributed by atoms with Gasteiger partial charge in [0.15, 0.2) is 5.82 Å². The molecule has 0 unspecified atom stereocenters. The molecular weight excluding hydrogens is 314 g/mol. The first kappa shape index (κ1) is 16.9. The lowest BCUT2D eigenvalue weighted by Gasteiger charge is -2.09. The number of sulfonamides is 1. The quantitative estimate of drug-likeness (QED) is 0.850. The molecule has 120 valence electrons. The van der Waals surface area contributed by atoms with Gasteiger partial charge in [0.1, 0.15) is 11.6 Å². The maximum absolute atomic E-state index is 11.2. The molecule has 1 heterocycles. The number of nitriles is 1. The van der Waals surface area contributed by atoms with Gasteiger partial charge in [0.25, 0.3) is 0 Å². The molecule has 0 atom stereocenters. The number of aromatic nitrogens is 2. The van der Waals surface area contributed by atoms with Crippen LogP contribution in [0.25, 0.3) is 0 Å². The summed E-state index contributed by atoms with van der Waals surface area (Å²) < 4.78 is 22.4. The van der Waals surface area contributed by atoms with Crippen molar-refractivity contribution in [2.75, 3.05) is 11.9 Å². The van der Waals surface area contributed by atoms with Gasteiger partial charge in [0.2, 0.25) is 10.0 Å². The van der Waals surface area contributed by atoms with E-state index >= 15 is 0 Å². The van der Waals surface area contributed by atoms with E-state index in [1.165, 1.54) is 12.1 Å². The van der Waals surface area contributed by atoms with Crippen LogP contribution in [-0.4, -0.2) is 25.2 Å². The minimum atomic E-state index is -3.67. The van der Waals surface area contributed by atoms with E-state index in [0.29, 0.717) is 24.3 Å². The molecule has 0 aliphatic heterocycles. The zero-order valence-electron chi connectivity index (χ0n) is 12.9. The first-order valence-corrected chi connectivity index (χ1v) is 8.47. The van der Waals surface area contributed by atoms with Crippen LogP contribution in [0.5, 0.6) is 0 Å². The van der Waals surface area contributed by atoms with Crippen molar-refractivity contribution in [1.82, 2.24) is 10.2 Å². The summed E-state index contributed by atoms with van der Waals surface area (Å²) in [5.74, 6) is 0.455. The molecule has 0 fully saturated rings. The van der Waals surface area contributed by atoms with E-state index in [2.05, 4.69) is 21.6 Å². The average Bonchev–Trinajstić information content (AvgIpc) is 2.51. The molecule has 7 nitrogen and oxygen atoms in total. The van der Waals surface area contributed by atoms with Crippen molar-refractivity contribution in [2.24, 2.45) is 5.14 Å². The summed E-state index contributed by atoms with van der Waals surface area (Å²) in [5.41, 5.74) is 2.97. The van der Waals surface area contributed by atoms with Gasteiger partial charge in [-0.2, -0.15) is 10.4 Å². The van der Waals surface area contributed by atoms with Crippen LogP contribution in [0.3, 0.4) is 0 Å². The summed E-state index contributed by atoms with van der Waals surface area (Å²) in [6.07, 6.45) is 0.643. The van der Waals surface area contributed by atoms with Gasteiger partial charge in [0.05, 0.1) is 10.6 Å². The Bertz CT molecular complexity index is 855. The van der Waals surface area contributed by atoms with Crippen LogP contribution in [0, 0.1) is 25.2 Å². The standard InChI is InChI=1S/C15H17N5O2S/c1-10-11(2)19-20-15(14(10)9-16)18-8-7-12-3-5-13(6-4-12)23(17,21)22/h3-6H,7-8H2,1-2H3,(H,18,20)(H2,17,21,22). The molecular formula is C15H17N5O2S. The van der Waals surface area contributed by atoms with E-state index in [1.54, 1.807) is 19.1 Å². The number of nitrogens with one attached hydrogen (secondary N) is 1. The molecule has 23 heavy (non-hydrogen) atoms. The third-order valence-corrected chi connectivity index (χ3v) is 4.45. The number of hydrogen-bond donors (Lipinski definition) is 2. The number of hydrogen-bond acceptors (Lipinski definition) is 6. The molecule has 3 N–H and O–H groups in total. The van der Waals surface area contributed by atoms with Crippen molar-refractivity contribution in [3.63, 3.8) is 0 Å². The maximum atomic E-state index is 11.2. The third kappa shape index (κ3) is 4.03. The van der Waals surface area contributed by atoms with E-state index in [9.17, 15) is 13.7 Å².